The number of carbonyl (C=O) groups is 1. The third-order valence-electron chi connectivity index (χ3n) is 4.68. The highest BCUT2D eigenvalue weighted by atomic mass is 16.1. The van der Waals surface area contributed by atoms with Gasteiger partial charge in [-0.1, -0.05) is 39.0 Å². The van der Waals surface area contributed by atoms with Crippen molar-refractivity contribution in [1.29, 1.82) is 0 Å². The summed E-state index contributed by atoms with van der Waals surface area (Å²) in [6.07, 6.45) is 9.82. The molecule has 1 amide bonds. The molecule has 0 aromatic heterocycles. The van der Waals surface area contributed by atoms with Crippen LogP contribution in [0.15, 0.2) is 0 Å². The Morgan fingerprint density at radius 1 is 1.22 bits per heavy atom. The van der Waals surface area contributed by atoms with Crippen molar-refractivity contribution in [2.75, 3.05) is 13.1 Å². The van der Waals surface area contributed by atoms with E-state index in [0.717, 1.165) is 31.8 Å². The largest absolute Gasteiger partial charge is 0.352 e. The van der Waals surface area contributed by atoms with Gasteiger partial charge in [0.15, 0.2) is 0 Å². The predicted molar refractivity (Wildman–Crippen MR) is 74.4 cm³/mol. The Morgan fingerprint density at radius 3 is 2.72 bits per heavy atom. The van der Waals surface area contributed by atoms with Crippen LogP contribution in [0.2, 0.25) is 0 Å². The molecule has 2 unspecified atom stereocenters. The number of rotatable bonds is 4. The first-order valence-corrected chi connectivity index (χ1v) is 7.76. The Balaban J connectivity index is 1.64. The van der Waals surface area contributed by atoms with Gasteiger partial charge in [-0.15, -0.1) is 0 Å². The van der Waals surface area contributed by atoms with E-state index in [1.54, 1.807) is 0 Å². The zero-order valence-electron chi connectivity index (χ0n) is 11.7. The van der Waals surface area contributed by atoms with E-state index in [2.05, 4.69) is 17.6 Å². The van der Waals surface area contributed by atoms with Gasteiger partial charge in [-0.2, -0.15) is 0 Å². The van der Waals surface area contributed by atoms with Gasteiger partial charge in [0.2, 0.25) is 5.91 Å². The van der Waals surface area contributed by atoms with E-state index in [1.165, 1.54) is 38.5 Å². The van der Waals surface area contributed by atoms with Crippen LogP contribution in [0.4, 0.5) is 0 Å². The molecule has 0 bridgehead atoms. The number of piperidine rings is 1. The first-order chi connectivity index (χ1) is 8.75. The molecule has 1 aliphatic carbocycles. The number of nitrogens with one attached hydrogen (secondary N) is 2. The van der Waals surface area contributed by atoms with Crippen LogP contribution in [0.1, 0.15) is 58.3 Å². The third-order valence-corrected chi connectivity index (χ3v) is 4.68. The summed E-state index contributed by atoms with van der Waals surface area (Å²) >= 11 is 0. The average Bonchev–Trinajstić information content (AvgIpc) is 2.40. The number of carbonyl (C=O) groups excluding carboxylic acids is 1. The molecule has 1 aliphatic heterocycles. The molecule has 2 fully saturated rings. The van der Waals surface area contributed by atoms with Crippen molar-refractivity contribution >= 4 is 5.91 Å². The highest BCUT2D eigenvalue weighted by molar-refractivity contribution is 5.76. The Morgan fingerprint density at radius 2 is 2.00 bits per heavy atom. The Labute approximate surface area is 111 Å². The quantitative estimate of drug-likeness (QED) is 0.807. The minimum absolute atomic E-state index is 0.265. The summed E-state index contributed by atoms with van der Waals surface area (Å²) in [5, 5.41) is 6.57. The van der Waals surface area contributed by atoms with Gasteiger partial charge in [-0.05, 0) is 31.2 Å². The van der Waals surface area contributed by atoms with Gasteiger partial charge >= 0.3 is 0 Å². The summed E-state index contributed by atoms with van der Waals surface area (Å²) in [6, 6.07) is 0.345. The molecule has 2 atom stereocenters. The van der Waals surface area contributed by atoms with Gasteiger partial charge in [-0.3, -0.25) is 4.79 Å². The molecule has 3 nitrogen and oxygen atoms in total. The normalized spacial score (nSPS) is 30.1. The van der Waals surface area contributed by atoms with Crippen LogP contribution >= 0.6 is 0 Å². The standard InChI is InChI=1S/C15H28N2O/c1-12-9-10-16-11-14(12)17-15(18)8-7-13-5-3-2-4-6-13/h12-14,16H,2-11H2,1H3,(H,17,18). The van der Waals surface area contributed by atoms with Crippen LogP contribution < -0.4 is 10.6 Å². The monoisotopic (exact) mass is 252 g/mol. The average molecular weight is 252 g/mol. The lowest BCUT2D eigenvalue weighted by molar-refractivity contribution is -0.122. The molecule has 3 heteroatoms. The molecular formula is C15H28N2O. The maximum atomic E-state index is 12.0. The van der Waals surface area contributed by atoms with Gasteiger partial charge in [0.1, 0.15) is 0 Å². The highest BCUT2D eigenvalue weighted by Gasteiger charge is 2.23. The predicted octanol–water partition coefficient (Wildman–Crippen LogP) is 2.46. The molecule has 104 valence electrons. The maximum absolute atomic E-state index is 12.0. The maximum Gasteiger partial charge on any atom is 0.220 e. The van der Waals surface area contributed by atoms with E-state index in [1.807, 2.05) is 0 Å². The van der Waals surface area contributed by atoms with Crippen molar-refractivity contribution in [3.63, 3.8) is 0 Å². The topological polar surface area (TPSA) is 41.1 Å². The van der Waals surface area contributed by atoms with E-state index < -0.39 is 0 Å². The molecular weight excluding hydrogens is 224 g/mol. The number of hydrogen-bond acceptors (Lipinski definition) is 2. The summed E-state index contributed by atoms with van der Waals surface area (Å²) < 4.78 is 0. The molecule has 1 heterocycles. The van der Waals surface area contributed by atoms with Crippen molar-refractivity contribution < 1.29 is 4.79 Å². The van der Waals surface area contributed by atoms with Crippen LogP contribution in [-0.4, -0.2) is 25.0 Å². The third kappa shape index (κ3) is 4.27. The summed E-state index contributed by atoms with van der Waals surface area (Å²) in [6.45, 7) is 4.28. The zero-order valence-corrected chi connectivity index (χ0v) is 11.7. The molecule has 0 radical (unpaired) electrons. The van der Waals surface area contributed by atoms with Crippen molar-refractivity contribution in [3.8, 4) is 0 Å². The van der Waals surface area contributed by atoms with E-state index in [9.17, 15) is 4.79 Å². The van der Waals surface area contributed by atoms with Crippen molar-refractivity contribution in [3.05, 3.63) is 0 Å². The minimum Gasteiger partial charge on any atom is -0.352 e. The molecule has 0 aromatic rings. The minimum atomic E-state index is 0.265. The van der Waals surface area contributed by atoms with Crippen molar-refractivity contribution in [2.45, 2.75) is 64.3 Å². The second-order valence-corrected chi connectivity index (χ2v) is 6.19. The van der Waals surface area contributed by atoms with E-state index in [0.29, 0.717) is 12.0 Å². The second kappa shape index (κ2) is 7.13. The summed E-state index contributed by atoms with van der Waals surface area (Å²) in [4.78, 5) is 12.0. The van der Waals surface area contributed by atoms with Gasteiger partial charge < -0.3 is 10.6 Å². The molecule has 2 aliphatic rings. The molecule has 2 N–H and O–H groups in total. The lowest BCUT2D eigenvalue weighted by Crippen LogP contribution is -2.50. The first-order valence-electron chi connectivity index (χ1n) is 7.76. The Hall–Kier alpha value is -0.570. The summed E-state index contributed by atoms with van der Waals surface area (Å²) in [7, 11) is 0. The van der Waals surface area contributed by atoms with E-state index in [4.69, 9.17) is 0 Å². The van der Waals surface area contributed by atoms with Crippen LogP contribution in [-0.2, 0) is 4.79 Å². The second-order valence-electron chi connectivity index (χ2n) is 6.19. The van der Waals surface area contributed by atoms with Crippen LogP contribution in [0.3, 0.4) is 0 Å². The number of hydrogen-bond donors (Lipinski definition) is 2. The lowest BCUT2D eigenvalue weighted by Gasteiger charge is -2.30. The first kappa shape index (κ1) is 13.9. The van der Waals surface area contributed by atoms with Crippen LogP contribution in [0.5, 0.6) is 0 Å². The summed E-state index contributed by atoms with van der Waals surface area (Å²) in [5.74, 6) is 1.69. The molecule has 0 aromatic carbocycles. The lowest BCUT2D eigenvalue weighted by atomic mass is 9.86. The SMILES string of the molecule is CC1CCNCC1NC(=O)CCC1CCCCC1. The fourth-order valence-corrected chi connectivity index (χ4v) is 3.27. The fraction of sp³-hybridized carbons (Fsp3) is 0.933. The zero-order chi connectivity index (χ0) is 12.8. The van der Waals surface area contributed by atoms with Crippen molar-refractivity contribution in [2.24, 2.45) is 11.8 Å². The Kier molecular flexibility index (Phi) is 5.48. The van der Waals surface area contributed by atoms with E-state index in [-0.39, 0.29) is 5.91 Å². The van der Waals surface area contributed by atoms with Gasteiger partial charge in [-0.25, -0.2) is 0 Å². The smallest absolute Gasteiger partial charge is 0.220 e. The molecule has 1 saturated carbocycles. The van der Waals surface area contributed by atoms with Crippen LogP contribution in [0, 0.1) is 11.8 Å². The van der Waals surface area contributed by atoms with Crippen molar-refractivity contribution in [1.82, 2.24) is 10.6 Å². The number of amides is 1. The molecule has 0 spiro atoms. The molecule has 2 rings (SSSR count). The Bertz CT molecular complexity index is 261. The van der Waals surface area contributed by atoms with Gasteiger partial charge in [0, 0.05) is 19.0 Å². The molecule has 1 saturated heterocycles. The van der Waals surface area contributed by atoms with Gasteiger partial charge in [0.05, 0.1) is 0 Å². The van der Waals surface area contributed by atoms with Crippen LogP contribution in [0.25, 0.3) is 0 Å². The summed E-state index contributed by atoms with van der Waals surface area (Å²) in [5.41, 5.74) is 0. The highest BCUT2D eigenvalue weighted by Crippen LogP contribution is 2.27. The fourth-order valence-electron chi connectivity index (χ4n) is 3.27. The van der Waals surface area contributed by atoms with E-state index >= 15 is 0 Å². The van der Waals surface area contributed by atoms with Gasteiger partial charge in [0.25, 0.3) is 0 Å². The molecule has 18 heavy (non-hydrogen) atoms.